The lowest BCUT2D eigenvalue weighted by Gasteiger charge is -2.35. The van der Waals surface area contributed by atoms with Gasteiger partial charge in [0.25, 0.3) is 0 Å². The van der Waals surface area contributed by atoms with Gasteiger partial charge in [0, 0.05) is 41.8 Å². The van der Waals surface area contributed by atoms with Crippen molar-refractivity contribution in [1.29, 1.82) is 0 Å². The number of amides is 2. The molecule has 1 fully saturated rings. The van der Waals surface area contributed by atoms with Gasteiger partial charge in [0.15, 0.2) is 0 Å². The first-order chi connectivity index (χ1) is 13.5. The van der Waals surface area contributed by atoms with Crippen LogP contribution < -0.4 is 15.0 Å². The maximum Gasteiger partial charge on any atom is 0.404 e. The predicted octanol–water partition coefficient (Wildman–Crippen LogP) is 3.29. The van der Waals surface area contributed by atoms with Crippen LogP contribution >= 0.6 is 11.6 Å². The summed E-state index contributed by atoms with van der Waals surface area (Å²) in [4.78, 5) is 36.8. The number of nitrogens with one attached hydrogen (secondary N) is 1. The topological polar surface area (TPSA) is 118 Å². The molecule has 2 heterocycles. The van der Waals surface area contributed by atoms with E-state index in [-0.39, 0.29) is 18.1 Å². The molecule has 0 saturated heterocycles. The van der Waals surface area contributed by atoms with Crippen molar-refractivity contribution < 1.29 is 19.4 Å². The van der Waals surface area contributed by atoms with Crippen LogP contribution in [-0.2, 0) is 0 Å². The highest BCUT2D eigenvalue weighted by Crippen LogP contribution is 2.29. The zero-order chi connectivity index (χ0) is 20.1. The van der Waals surface area contributed by atoms with Gasteiger partial charge in [-0.3, -0.25) is 9.69 Å². The molecule has 0 aromatic carbocycles. The van der Waals surface area contributed by atoms with E-state index in [0.717, 1.165) is 11.1 Å². The first kappa shape index (κ1) is 19.8. The van der Waals surface area contributed by atoms with Crippen LogP contribution in [0.2, 0.25) is 0 Å². The van der Waals surface area contributed by atoms with E-state index in [2.05, 4.69) is 20.3 Å². The van der Waals surface area contributed by atoms with Gasteiger partial charge in [-0.1, -0.05) is 0 Å². The first-order valence-electron chi connectivity index (χ1n) is 8.78. The maximum atomic E-state index is 12.0. The average molecular weight is 406 g/mol. The summed E-state index contributed by atoms with van der Waals surface area (Å²) in [7, 11) is 1.49. The first-order valence-corrected chi connectivity index (χ1v) is 9.16. The van der Waals surface area contributed by atoms with Gasteiger partial charge >= 0.3 is 17.5 Å². The fourth-order valence-corrected chi connectivity index (χ4v) is 3.57. The molecule has 0 spiro atoms. The summed E-state index contributed by atoms with van der Waals surface area (Å²) in [5, 5.41) is 10.7. The monoisotopic (exact) mass is 405 g/mol. The highest BCUT2D eigenvalue weighted by molar-refractivity contribution is 6.66. The Bertz CT molecular complexity index is 823. The number of rotatable bonds is 5. The number of hydrogen-bond donors (Lipinski definition) is 2. The van der Waals surface area contributed by atoms with Crippen LogP contribution in [0, 0.1) is 0 Å². The van der Waals surface area contributed by atoms with Crippen molar-refractivity contribution in [3.63, 3.8) is 0 Å². The molecular weight excluding hydrogens is 386 g/mol. The zero-order valence-corrected chi connectivity index (χ0v) is 16.0. The third kappa shape index (κ3) is 4.66. The quantitative estimate of drug-likeness (QED) is 0.578. The second-order valence-corrected chi connectivity index (χ2v) is 6.76. The number of ether oxygens (including phenoxy) is 1. The number of carbonyl (C=O) groups excluding carboxylic acids is 1. The van der Waals surface area contributed by atoms with Crippen LogP contribution in [0.25, 0.3) is 11.1 Å². The third-order valence-electron chi connectivity index (χ3n) is 4.72. The van der Waals surface area contributed by atoms with Crippen molar-refractivity contribution in [1.82, 2.24) is 20.3 Å². The molecule has 1 saturated carbocycles. The number of carboxylic acid groups (broad SMARTS) is 1. The summed E-state index contributed by atoms with van der Waals surface area (Å²) in [6.07, 6.45) is 6.41. The normalized spacial score (nSPS) is 18.9. The lowest BCUT2D eigenvalue weighted by molar-refractivity contribution is 0.184. The van der Waals surface area contributed by atoms with E-state index in [1.54, 1.807) is 24.7 Å². The summed E-state index contributed by atoms with van der Waals surface area (Å²) < 4.78 is 4.94. The number of nitrogens with zero attached hydrogens (tertiary/aromatic N) is 4. The van der Waals surface area contributed by atoms with Gasteiger partial charge in [0.2, 0.25) is 0 Å². The second-order valence-electron chi connectivity index (χ2n) is 6.44. The standard InChI is InChI=1S/C18H20ClN5O4/c1-28-17-21-9-12(10-22-17)11-2-7-15(20-8-11)24(16(19)25)14-5-3-13(4-6-14)23-18(26)27/h2,7-10,13-14,23H,3-6H2,1H3,(H,26,27)/t13-,14-. The molecular formula is C18H20ClN5O4. The highest BCUT2D eigenvalue weighted by Gasteiger charge is 2.30. The van der Waals surface area contributed by atoms with E-state index in [1.807, 2.05) is 6.07 Å². The number of carbonyl (C=O) groups is 2. The van der Waals surface area contributed by atoms with E-state index < -0.39 is 11.5 Å². The van der Waals surface area contributed by atoms with Crippen LogP contribution in [0.5, 0.6) is 6.01 Å². The van der Waals surface area contributed by atoms with Crippen molar-refractivity contribution in [2.75, 3.05) is 12.0 Å². The fraction of sp³-hybridized carbons (Fsp3) is 0.389. The van der Waals surface area contributed by atoms with Gasteiger partial charge in [0.1, 0.15) is 5.82 Å². The Kier molecular flexibility index (Phi) is 6.25. The van der Waals surface area contributed by atoms with E-state index in [1.165, 1.54) is 12.0 Å². The number of anilines is 1. The van der Waals surface area contributed by atoms with Crippen molar-refractivity contribution in [3.05, 3.63) is 30.7 Å². The fourth-order valence-electron chi connectivity index (χ4n) is 3.34. The smallest absolute Gasteiger partial charge is 0.404 e. The van der Waals surface area contributed by atoms with Crippen LogP contribution in [0.1, 0.15) is 25.7 Å². The molecule has 1 aliphatic rings. The molecule has 2 amide bonds. The van der Waals surface area contributed by atoms with E-state index >= 15 is 0 Å². The number of pyridine rings is 1. The molecule has 2 N–H and O–H groups in total. The van der Waals surface area contributed by atoms with Gasteiger partial charge in [0.05, 0.1) is 7.11 Å². The van der Waals surface area contributed by atoms with Crippen LogP contribution in [-0.4, -0.2) is 50.7 Å². The van der Waals surface area contributed by atoms with Gasteiger partial charge in [-0.05, 0) is 49.4 Å². The average Bonchev–Trinajstić information content (AvgIpc) is 2.69. The Labute approximate surface area is 166 Å². The molecule has 28 heavy (non-hydrogen) atoms. The van der Waals surface area contributed by atoms with Gasteiger partial charge < -0.3 is 15.2 Å². The Balaban J connectivity index is 1.72. The van der Waals surface area contributed by atoms with Gasteiger partial charge in [-0.15, -0.1) is 0 Å². The number of halogens is 1. The number of methoxy groups -OCH3 is 1. The minimum atomic E-state index is -1.03. The summed E-state index contributed by atoms with van der Waals surface area (Å²) >= 11 is 5.83. The number of hydrogen-bond acceptors (Lipinski definition) is 6. The summed E-state index contributed by atoms with van der Waals surface area (Å²) in [6.45, 7) is 0. The van der Waals surface area contributed by atoms with Crippen LogP contribution in [0.3, 0.4) is 0 Å². The molecule has 0 aliphatic heterocycles. The maximum absolute atomic E-state index is 12.0. The molecule has 2 aromatic rings. The van der Waals surface area contributed by atoms with Crippen molar-refractivity contribution >= 4 is 28.9 Å². The Hall–Kier alpha value is -2.94. The van der Waals surface area contributed by atoms with Gasteiger partial charge in [-0.25, -0.2) is 19.7 Å². The highest BCUT2D eigenvalue weighted by atomic mass is 35.5. The molecule has 0 radical (unpaired) electrons. The minimum absolute atomic E-state index is 0.105. The van der Waals surface area contributed by atoms with E-state index in [0.29, 0.717) is 31.5 Å². The SMILES string of the molecule is COc1ncc(-c2ccc(N(C(=O)Cl)[C@H]3CC[C@H](NC(=O)O)CC3)nc2)cn1. The Morgan fingerprint density at radius 1 is 1.11 bits per heavy atom. The van der Waals surface area contributed by atoms with E-state index in [9.17, 15) is 9.59 Å². The number of aromatic nitrogens is 3. The molecule has 1 aliphatic carbocycles. The summed E-state index contributed by atoms with van der Waals surface area (Å²) in [6, 6.07) is 3.59. The lowest BCUT2D eigenvalue weighted by atomic mass is 9.90. The molecule has 0 unspecified atom stereocenters. The van der Waals surface area contributed by atoms with Crippen molar-refractivity contribution in [2.24, 2.45) is 0 Å². The Morgan fingerprint density at radius 3 is 2.25 bits per heavy atom. The van der Waals surface area contributed by atoms with Crippen LogP contribution in [0.15, 0.2) is 30.7 Å². The third-order valence-corrected chi connectivity index (χ3v) is 4.90. The Morgan fingerprint density at radius 2 is 1.75 bits per heavy atom. The second kappa shape index (κ2) is 8.83. The molecule has 2 aromatic heterocycles. The summed E-state index contributed by atoms with van der Waals surface area (Å²) in [5.41, 5.74) is 1.56. The largest absolute Gasteiger partial charge is 0.467 e. The molecule has 148 valence electrons. The minimum Gasteiger partial charge on any atom is -0.467 e. The predicted molar refractivity (Wildman–Crippen MR) is 103 cm³/mol. The molecule has 10 heteroatoms. The van der Waals surface area contributed by atoms with E-state index in [4.69, 9.17) is 21.4 Å². The molecule has 9 nitrogen and oxygen atoms in total. The molecule has 0 bridgehead atoms. The van der Waals surface area contributed by atoms with Crippen molar-refractivity contribution in [2.45, 2.75) is 37.8 Å². The van der Waals surface area contributed by atoms with Gasteiger partial charge in [-0.2, -0.15) is 0 Å². The van der Waals surface area contributed by atoms with Crippen molar-refractivity contribution in [3.8, 4) is 17.1 Å². The summed E-state index contributed by atoms with van der Waals surface area (Å²) in [5.74, 6) is 0.452. The molecule has 0 atom stereocenters. The zero-order valence-electron chi connectivity index (χ0n) is 15.2. The lowest BCUT2D eigenvalue weighted by Crippen LogP contribution is -2.45. The van der Waals surface area contributed by atoms with Crippen LogP contribution in [0.4, 0.5) is 15.4 Å². The molecule has 3 rings (SSSR count).